The second kappa shape index (κ2) is 8.84. The van der Waals surface area contributed by atoms with Crippen LogP contribution in [0.2, 0.25) is 0 Å². The van der Waals surface area contributed by atoms with Crippen molar-refractivity contribution in [2.45, 2.75) is 13.3 Å². The number of rotatable bonds is 3. The highest BCUT2D eigenvalue weighted by atomic mass is 35.5. The van der Waals surface area contributed by atoms with Crippen LogP contribution >= 0.6 is 11.6 Å². The summed E-state index contributed by atoms with van der Waals surface area (Å²) >= 11 is 5.14. The summed E-state index contributed by atoms with van der Waals surface area (Å²) in [7, 11) is 0. The first-order valence-electron chi connectivity index (χ1n) is 5.69. The van der Waals surface area contributed by atoms with Crippen LogP contribution in [0.4, 0.5) is 4.79 Å². The molecule has 0 aromatic carbocycles. The molecule has 1 saturated heterocycles. The maximum Gasteiger partial charge on any atom is 0.323 e. The van der Waals surface area contributed by atoms with Crippen LogP contribution in [0.1, 0.15) is 13.3 Å². The first-order chi connectivity index (χ1) is 8.49. The van der Waals surface area contributed by atoms with Crippen LogP contribution in [0.15, 0.2) is 0 Å². The smallest absolute Gasteiger partial charge is 0.323 e. The summed E-state index contributed by atoms with van der Waals surface area (Å²) in [5.74, 6) is -1.48. The number of piperazine rings is 1. The Morgan fingerprint density at radius 2 is 1.78 bits per heavy atom. The van der Waals surface area contributed by atoms with E-state index in [4.69, 9.17) is 23.1 Å². The van der Waals surface area contributed by atoms with Gasteiger partial charge >= 0.3 is 17.2 Å². The van der Waals surface area contributed by atoms with Crippen LogP contribution < -0.4 is 11.5 Å². The van der Waals surface area contributed by atoms with E-state index in [1.165, 1.54) is 4.90 Å². The zero-order valence-electron chi connectivity index (χ0n) is 10.4. The lowest BCUT2D eigenvalue weighted by Gasteiger charge is -2.30. The van der Waals surface area contributed by atoms with E-state index in [0.717, 1.165) is 11.3 Å². The van der Waals surface area contributed by atoms with E-state index in [2.05, 4.69) is 0 Å². The van der Waals surface area contributed by atoms with Gasteiger partial charge in [-0.25, -0.2) is 0 Å². The van der Waals surface area contributed by atoms with Crippen LogP contribution in [0, 0.1) is 0 Å². The molecule has 1 heterocycles. The Morgan fingerprint density at radius 1 is 1.22 bits per heavy atom. The van der Waals surface area contributed by atoms with Gasteiger partial charge in [-0.1, -0.05) is 6.92 Å². The molecule has 18 heavy (non-hydrogen) atoms. The Balaban J connectivity index is 0.000000631. The Kier molecular flexibility index (Phi) is 8.27. The van der Waals surface area contributed by atoms with Crippen molar-refractivity contribution >= 4 is 28.8 Å². The van der Waals surface area contributed by atoms with E-state index in [1.807, 2.05) is 6.92 Å². The largest absolute Gasteiger partial charge is 0.333 e. The molecule has 0 aromatic heterocycles. The van der Waals surface area contributed by atoms with Crippen molar-refractivity contribution in [3.05, 3.63) is 0 Å². The van der Waals surface area contributed by atoms with Gasteiger partial charge in [0.05, 0.1) is 0 Å². The van der Waals surface area contributed by atoms with Crippen molar-refractivity contribution in [2.24, 2.45) is 11.5 Å². The number of nitrogens with zero attached hydrogens (tertiary/aromatic N) is 2. The van der Waals surface area contributed by atoms with Gasteiger partial charge in [-0.2, -0.15) is 0 Å². The van der Waals surface area contributed by atoms with Gasteiger partial charge in [-0.15, -0.1) is 0 Å². The van der Waals surface area contributed by atoms with Gasteiger partial charge in [0, 0.05) is 32.7 Å². The average Bonchev–Trinajstić information content (AvgIpc) is 2.35. The van der Waals surface area contributed by atoms with E-state index >= 15 is 0 Å². The molecule has 0 spiro atoms. The minimum Gasteiger partial charge on any atom is -0.333 e. The van der Waals surface area contributed by atoms with Crippen LogP contribution in [-0.2, 0) is 9.59 Å². The van der Waals surface area contributed by atoms with E-state index in [1.54, 1.807) is 0 Å². The fourth-order valence-electron chi connectivity index (χ4n) is 1.33. The molecule has 0 bridgehead atoms. The fourth-order valence-corrected chi connectivity index (χ4v) is 1.49. The van der Waals surface area contributed by atoms with Gasteiger partial charge in [0.2, 0.25) is 0 Å². The Bertz CT molecular complexity index is 309. The van der Waals surface area contributed by atoms with E-state index in [9.17, 15) is 14.4 Å². The molecule has 0 radical (unpaired) electrons. The molecule has 0 unspecified atom stereocenters. The number of carbonyl (C=O) groups is 3. The standard InChI is InChI=1S/C8H11ClN2O3.C2H8N2/c1-2-3-10-4-5-11(8(9)14)7(13)6(10)12;3-1-2-4/h2-5H2,1H3;1-4H2. The van der Waals surface area contributed by atoms with Crippen LogP contribution in [0.3, 0.4) is 0 Å². The van der Waals surface area contributed by atoms with Crippen molar-refractivity contribution in [2.75, 3.05) is 32.7 Å². The zero-order valence-corrected chi connectivity index (χ0v) is 11.2. The normalized spacial score (nSPS) is 15.3. The number of carbonyl (C=O) groups excluding carboxylic acids is 3. The first-order valence-corrected chi connectivity index (χ1v) is 6.07. The molecule has 0 aliphatic carbocycles. The van der Waals surface area contributed by atoms with Crippen molar-refractivity contribution < 1.29 is 14.4 Å². The molecule has 104 valence electrons. The summed E-state index contributed by atoms with van der Waals surface area (Å²) in [6.45, 7) is 4.20. The van der Waals surface area contributed by atoms with E-state index in [0.29, 0.717) is 26.2 Å². The maximum absolute atomic E-state index is 11.4. The monoisotopic (exact) mass is 278 g/mol. The average molecular weight is 279 g/mol. The molecule has 7 nitrogen and oxygen atoms in total. The quantitative estimate of drug-likeness (QED) is 0.404. The highest BCUT2D eigenvalue weighted by molar-refractivity contribution is 6.65. The number of imide groups is 1. The zero-order chi connectivity index (χ0) is 14.1. The highest BCUT2D eigenvalue weighted by Gasteiger charge is 2.34. The van der Waals surface area contributed by atoms with Gasteiger partial charge < -0.3 is 16.4 Å². The van der Waals surface area contributed by atoms with Crippen molar-refractivity contribution in [1.82, 2.24) is 9.80 Å². The molecule has 0 saturated carbocycles. The maximum atomic E-state index is 11.4. The molecular formula is C10H19ClN4O3. The Labute approximate surface area is 111 Å². The summed E-state index contributed by atoms with van der Waals surface area (Å²) in [6, 6.07) is 0. The lowest BCUT2D eigenvalue weighted by atomic mass is 10.3. The third-order valence-corrected chi connectivity index (χ3v) is 2.39. The summed E-state index contributed by atoms with van der Waals surface area (Å²) in [6.07, 6.45) is 0.786. The van der Waals surface area contributed by atoms with Crippen molar-refractivity contribution in [3.63, 3.8) is 0 Å². The number of amides is 3. The number of hydrogen-bond donors (Lipinski definition) is 2. The van der Waals surface area contributed by atoms with E-state index < -0.39 is 17.2 Å². The second-order valence-electron chi connectivity index (χ2n) is 3.58. The predicted molar refractivity (Wildman–Crippen MR) is 67.9 cm³/mol. The summed E-state index contributed by atoms with van der Waals surface area (Å²) < 4.78 is 0. The molecule has 1 aliphatic rings. The van der Waals surface area contributed by atoms with Crippen molar-refractivity contribution in [1.29, 1.82) is 0 Å². The minimum atomic E-state index is -0.889. The molecular weight excluding hydrogens is 260 g/mol. The van der Waals surface area contributed by atoms with Crippen LogP contribution in [0.5, 0.6) is 0 Å². The highest BCUT2D eigenvalue weighted by Crippen LogP contribution is 2.08. The minimum absolute atomic E-state index is 0.187. The van der Waals surface area contributed by atoms with Gasteiger partial charge in [0.1, 0.15) is 0 Å². The first kappa shape index (κ1) is 16.8. The van der Waals surface area contributed by atoms with Gasteiger partial charge in [-0.05, 0) is 18.0 Å². The lowest BCUT2D eigenvalue weighted by molar-refractivity contribution is -0.153. The molecule has 4 N–H and O–H groups in total. The summed E-state index contributed by atoms with van der Waals surface area (Å²) in [5.41, 5.74) is 9.81. The van der Waals surface area contributed by atoms with Crippen LogP contribution in [0.25, 0.3) is 0 Å². The SMILES string of the molecule is CCCN1CCN(C(=O)Cl)C(=O)C1=O.NCCN. The Morgan fingerprint density at radius 3 is 2.17 bits per heavy atom. The molecule has 0 aromatic rings. The summed E-state index contributed by atoms with van der Waals surface area (Å²) in [5, 5.41) is -0.889. The number of halogens is 1. The molecule has 1 rings (SSSR count). The predicted octanol–water partition coefficient (Wildman–Crippen LogP) is -0.670. The molecule has 0 atom stereocenters. The van der Waals surface area contributed by atoms with Gasteiger partial charge in [0.25, 0.3) is 0 Å². The number of hydrogen-bond acceptors (Lipinski definition) is 5. The third-order valence-electron chi connectivity index (χ3n) is 2.18. The molecule has 8 heteroatoms. The number of nitrogens with two attached hydrogens (primary N) is 2. The topological polar surface area (TPSA) is 110 Å². The molecule has 1 fully saturated rings. The van der Waals surface area contributed by atoms with Crippen molar-refractivity contribution in [3.8, 4) is 0 Å². The summed E-state index contributed by atoms with van der Waals surface area (Å²) in [4.78, 5) is 35.5. The lowest BCUT2D eigenvalue weighted by Crippen LogP contribution is -2.55. The third kappa shape index (κ3) is 4.99. The second-order valence-corrected chi connectivity index (χ2v) is 3.90. The van der Waals surface area contributed by atoms with Crippen LogP contribution in [-0.4, -0.2) is 59.7 Å². The van der Waals surface area contributed by atoms with E-state index in [-0.39, 0.29) is 6.54 Å². The van der Waals surface area contributed by atoms with Gasteiger partial charge in [-0.3, -0.25) is 19.3 Å². The van der Waals surface area contributed by atoms with Gasteiger partial charge in [0.15, 0.2) is 0 Å². The Hall–Kier alpha value is -1.18. The fraction of sp³-hybridized carbons (Fsp3) is 0.700. The molecule has 1 aliphatic heterocycles. The molecule has 3 amide bonds.